The molecule has 1 saturated heterocycles. The van der Waals surface area contributed by atoms with Gasteiger partial charge in [0.15, 0.2) is 0 Å². The minimum atomic E-state index is -0.343. The van der Waals surface area contributed by atoms with Crippen LogP contribution in [0.3, 0.4) is 0 Å². The largest absolute Gasteiger partial charge is 0.415 e. The van der Waals surface area contributed by atoms with Crippen LogP contribution in [-0.4, -0.2) is 55.4 Å². The Kier molecular flexibility index (Phi) is 6.91. The Bertz CT molecular complexity index is 511. The molecule has 21 heavy (non-hydrogen) atoms. The summed E-state index contributed by atoms with van der Waals surface area (Å²) in [5, 5.41) is 0. The second kappa shape index (κ2) is 8.44. The third-order valence-corrected chi connectivity index (χ3v) is 3.23. The first-order chi connectivity index (χ1) is 9.70. The zero-order chi connectivity index (χ0) is 14.4. The molecule has 0 unspecified atom stereocenters. The number of carbonyl (C=O) groups excluding carboxylic acids is 2. The summed E-state index contributed by atoms with van der Waals surface area (Å²) in [6.07, 6.45) is 3.35. The van der Waals surface area contributed by atoms with Gasteiger partial charge in [0.1, 0.15) is 12.0 Å². The number of amides is 1. The fourth-order valence-corrected chi connectivity index (χ4v) is 2.00. The highest BCUT2D eigenvalue weighted by atomic mass is 35.5. The van der Waals surface area contributed by atoms with E-state index < -0.39 is 0 Å². The summed E-state index contributed by atoms with van der Waals surface area (Å²) in [6.45, 7) is 3.03. The first kappa shape index (κ1) is 17.2. The molecule has 2 rings (SSSR count). The molecule has 0 N–H and O–H groups in total. The molecule has 1 fully saturated rings. The summed E-state index contributed by atoms with van der Waals surface area (Å²) in [5.41, 5.74) is 0.710. The maximum absolute atomic E-state index is 12.1. The summed E-state index contributed by atoms with van der Waals surface area (Å²) < 4.78 is 5.42. The summed E-state index contributed by atoms with van der Waals surface area (Å²) in [5.74, 6) is 0.467. The van der Waals surface area contributed by atoms with E-state index in [1.165, 1.54) is 6.08 Å². The first-order valence-corrected chi connectivity index (χ1v) is 6.57. The number of allylic oxidation sites excluding steroid dienone is 1. The van der Waals surface area contributed by atoms with Crippen molar-refractivity contribution >= 4 is 30.9 Å². The van der Waals surface area contributed by atoms with Gasteiger partial charge in [0, 0.05) is 31.7 Å². The number of rotatable bonds is 3. The van der Waals surface area contributed by atoms with Crippen molar-refractivity contribution in [3.05, 3.63) is 35.9 Å². The molecule has 0 bridgehead atoms. The van der Waals surface area contributed by atoms with E-state index in [2.05, 4.69) is 4.90 Å². The highest BCUT2D eigenvalue weighted by molar-refractivity contribution is 5.85. The van der Waals surface area contributed by atoms with Crippen LogP contribution in [0.4, 0.5) is 4.79 Å². The van der Waals surface area contributed by atoms with Crippen molar-refractivity contribution in [2.75, 3.05) is 33.2 Å². The maximum Gasteiger partial charge on any atom is 0.415 e. The maximum atomic E-state index is 12.1. The van der Waals surface area contributed by atoms with Crippen molar-refractivity contribution in [1.82, 2.24) is 9.80 Å². The number of carbonyl (C=O) groups is 2. The molecule has 1 aromatic carbocycles. The second-order valence-electron chi connectivity index (χ2n) is 4.69. The molecule has 1 aliphatic heterocycles. The molecule has 0 saturated carbocycles. The molecule has 5 nitrogen and oxygen atoms in total. The van der Waals surface area contributed by atoms with Gasteiger partial charge >= 0.3 is 6.09 Å². The van der Waals surface area contributed by atoms with Crippen LogP contribution in [0.5, 0.6) is 5.75 Å². The summed E-state index contributed by atoms with van der Waals surface area (Å²) in [6, 6.07) is 7.15. The second-order valence-corrected chi connectivity index (χ2v) is 4.69. The number of hydrogen-bond acceptors (Lipinski definition) is 4. The lowest BCUT2D eigenvalue weighted by Gasteiger charge is -2.31. The number of hydrogen-bond donors (Lipinski definition) is 0. The predicted molar refractivity (Wildman–Crippen MR) is 83.9 cm³/mol. The number of likely N-dealkylation sites (N-methyl/N-ethyl adjacent to an activating group) is 1. The molecule has 0 aliphatic carbocycles. The summed E-state index contributed by atoms with van der Waals surface area (Å²) >= 11 is 0. The van der Waals surface area contributed by atoms with Crippen LogP contribution in [0.25, 0.3) is 6.08 Å². The standard InChI is InChI=1S/C15H18N2O3.ClH/c1-16-8-10-17(11-9-16)15(19)20-14-7-3-2-5-13(14)6-4-12-18;/h2-7,12H,8-11H2,1H3;1H/b6-4+;. The normalized spacial score (nSPS) is 15.6. The molecule has 0 radical (unpaired) electrons. The van der Waals surface area contributed by atoms with Crippen LogP contribution in [-0.2, 0) is 4.79 Å². The van der Waals surface area contributed by atoms with E-state index in [0.29, 0.717) is 30.7 Å². The average Bonchev–Trinajstić information content (AvgIpc) is 2.47. The van der Waals surface area contributed by atoms with Crippen molar-refractivity contribution in [3.63, 3.8) is 0 Å². The topological polar surface area (TPSA) is 49.9 Å². The fraction of sp³-hybridized carbons (Fsp3) is 0.333. The van der Waals surface area contributed by atoms with Gasteiger partial charge in [-0.3, -0.25) is 4.79 Å². The van der Waals surface area contributed by atoms with Crippen molar-refractivity contribution in [1.29, 1.82) is 0 Å². The SMILES string of the molecule is CN1CCN(C(=O)Oc2ccccc2/C=C/C=O)CC1.Cl. The summed E-state index contributed by atoms with van der Waals surface area (Å²) in [7, 11) is 2.03. The third-order valence-electron chi connectivity index (χ3n) is 3.23. The Balaban J connectivity index is 0.00000220. The molecular weight excluding hydrogens is 292 g/mol. The number of para-hydroxylation sites is 1. The molecule has 6 heteroatoms. The number of ether oxygens (including phenoxy) is 1. The molecule has 0 aromatic heterocycles. The van der Waals surface area contributed by atoms with Crippen LogP contribution < -0.4 is 4.74 Å². The van der Waals surface area contributed by atoms with Crippen molar-refractivity contribution in [3.8, 4) is 5.75 Å². The van der Waals surface area contributed by atoms with Crippen LogP contribution in [0.15, 0.2) is 30.3 Å². The Morgan fingerprint density at radius 2 is 1.86 bits per heavy atom. The number of halogens is 1. The van der Waals surface area contributed by atoms with E-state index in [1.807, 2.05) is 13.1 Å². The van der Waals surface area contributed by atoms with Gasteiger partial charge in [-0.1, -0.05) is 18.2 Å². The van der Waals surface area contributed by atoms with E-state index in [1.54, 1.807) is 29.2 Å². The fourth-order valence-electron chi connectivity index (χ4n) is 2.00. The zero-order valence-corrected chi connectivity index (χ0v) is 12.7. The Labute approximate surface area is 130 Å². The molecule has 114 valence electrons. The quantitative estimate of drug-likeness (QED) is 0.633. The average molecular weight is 311 g/mol. The van der Waals surface area contributed by atoms with E-state index in [4.69, 9.17) is 4.74 Å². The van der Waals surface area contributed by atoms with Gasteiger partial charge in [-0.05, 0) is 25.3 Å². The van der Waals surface area contributed by atoms with Gasteiger partial charge in [0.2, 0.25) is 0 Å². The van der Waals surface area contributed by atoms with Crippen molar-refractivity contribution in [2.24, 2.45) is 0 Å². The van der Waals surface area contributed by atoms with E-state index in [-0.39, 0.29) is 18.5 Å². The van der Waals surface area contributed by atoms with Crippen molar-refractivity contribution < 1.29 is 14.3 Å². The van der Waals surface area contributed by atoms with Crippen LogP contribution >= 0.6 is 12.4 Å². The van der Waals surface area contributed by atoms with Gasteiger partial charge in [-0.25, -0.2) is 4.79 Å². The number of piperazine rings is 1. The Hall–Kier alpha value is -1.85. The van der Waals surface area contributed by atoms with E-state index >= 15 is 0 Å². The lowest BCUT2D eigenvalue weighted by Crippen LogP contribution is -2.48. The van der Waals surface area contributed by atoms with Crippen LogP contribution in [0.1, 0.15) is 5.56 Å². The summed E-state index contributed by atoms with van der Waals surface area (Å²) in [4.78, 5) is 26.3. The molecule has 0 atom stereocenters. The minimum absolute atomic E-state index is 0. The highest BCUT2D eigenvalue weighted by Gasteiger charge is 2.21. The molecule has 1 aromatic rings. The van der Waals surface area contributed by atoms with Gasteiger partial charge in [-0.2, -0.15) is 0 Å². The van der Waals surface area contributed by atoms with Gasteiger partial charge < -0.3 is 14.5 Å². The highest BCUT2D eigenvalue weighted by Crippen LogP contribution is 2.20. The van der Waals surface area contributed by atoms with Gasteiger partial charge in [0.05, 0.1) is 0 Å². The molecule has 1 heterocycles. The van der Waals surface area contributed by atoms with Crippen molar-refractivity contribution in [2.45, 2.75) is 0 Å². The smallest absolute Gasteiger partial charge is 0.410 e. The lowest BCUT2D eigenvalue weighted by atomic mass is 10.2. The number of nitrogens with zero attached hydrogens (tertiary/aromatic N) is 2. The minimum Gasteiger partial charge on any atom is -0.410 e. The van der Waals surface area contributed by atoms with E-state index in [9.17, 15) is 9.59 Å². The predicted octanol–water partition coefficient (Wildman–Crippen LogP) is 2.07. The Morgan fingerprint density at radius 1 is 1.19 bits per heavy atom. The molecule has 1 amide bonds. The third kappa shape index (κ3) is 4.88. The molecule has 1 aliphatic rings. The Morgan fingerprint density at radius 3 is 2.52 bits per heavy atom. The van der Waals surface area contributed by atoms with Gasteiger partial charge in [0.25, 0.3) is 0 Å². The van der Waals surface area contributed by atoms with Gasteiger partial charge in [-0.15, -0.1) is 12.4 Å². The first-order valence-electron chi connectivity index (χ1n) is 6.57. The molecular formula is C15H19ClN2O3. The number of aldehydes is 1. The molecule has 0 spiro atoms. The monoisotopic (exact) mass is 310 g/mol. The van der Waals surface area contributed by atoms with Crippen LogP contribution in [0, 0.1) is 0 Å². The number of benzene rings is 1. The van der Waals surface area contributed by atoms with E-state index in [0.717, 1.165) is 13.1 Å². The lowest BCUT2D eigenvalue weighted by molar-refractivity contribution is -0.104. The van der Waals surface area contributed by atoms with Crippen LogP contribution in [0.2, 0.25) is 0 Å². The zero-order valence-electron chi connectivity index (χ0n) is 11.9.